The van der Waals surface area contributed by atoms with Crippen LogP contribution in [0.25, 0.3) is 0 Å². The lowest BCUT2D eigenvalue weighted by atomic mass is 9.77. The number of nitrogens with one attached hydrogen (secondary N) is 2. The van der Waals surface area contributed by atoms with Gasteiger partial charge in [0, 0.05) is 12.2 Å². The molecule has 0 atom stereocenters. The molecule has 0 spiro atoms. The number of amides is 2. The van der Waals surface area contributed by atoms with Crippen LogP contribution in [0.1, 0.15) is 77.2 Å². The van der Waals surface area contributed by atoms with Crippen LogP contribution in [0, 0.1) is 0 Å². The van der Waals surface area contributed by atoms with Crippen molar-refractivity contribution in [1.29, 1.82) is 0 Å². The topological polar surface area (TPSA) is 41.1 Å². The van der Waals surface area contributed by atoms with E-state index < -0.39 is 0 Å². The molecule has 0 bridgehead atoms. The van der Waals surface area contributed by atoms with E-state index in [9.17, 15) is 4.79 Å². The van der Waals surface area contributed by atoms with Crippen LogP contribution in [0.4, 0.5) is 10.5 Å². The van der Waals surface area contributed by atoms with E-state index in [1.165, 1.54) is 56.9 Å². The van der Waals surface area contributed by atoms with Crippen molar-refractivity contribution in [3.8, 4) is 0 Å². The van der Waals surface area contributed by atoms with E-state index in [1.807, 2.05) is 12.1 Å². The molecule has 1 aliphatic rings. The number of hydrogen-bond acceptors (Lipinski definition) is 1. The number of rotatable bonds is 8. The van der Waals surface area contributed by atoms with Gasteiger partial charge in [-0.15, -0.1) is 0 Å². The second-order valence-corrected chi connectivity index (χ2v) is 6.86. The monoisotopic (exact) mass is 316 g/mol. The average molecular weight is 316 g/mol. The van der Waals surface area contributed by atoms with E-state index in [1.54, 1.807) is 0 Å². The average Bonchev–Trinajstić information content (AvgIpc) is 3.05. The number of benzene rings is 1. The van der Waals surface area contributed by atoms with Gasteiger partial charge in [0.1, 0.15) is 0 Å². The van der Waals surface area contributed by atoms with Crippen molar-refractivity contribution in [1.82, 2.24) is 5.32 Å². The standard InChI is InChI=1S/C20H32N2O/c1-3-5-6-9-16-21-19(23)22-18-12-10-17(11-13-18)20(4-2)14-7-8-15-20/h10-13H,3-9,14-16H2,1-2H3,(H2,21,22,23). The second-order valence-electron chi connectivity index (χ2n) is 6.86. The molecule has 0 heterocycles. The Morgan fingerprint density at radius 2 is 1.74 bits per heavy atom. The molecule has 0 aliphatic heterocycles. The third-order valence-electron chi connectivity index (χ3n) is 5.31. The smallest absolute Gasteiger partial charge is 0.319 e. The van der Waals surface area contributed by atoms with E-state index in [0.717, 1.165) is 18.7 Å². The summed E-state index contributed by atoms with van der Waals surface area (Å²) in [6.07, 6.45) is 11.2. The minimum Gasteiger partial charge on any atom is -0.338 e. The third kappa shape index (κ3) is 4.98. The molecule has 3 nitrogen and oxygen atoms in total. The Kier molecular flexibility index (Phi) is 6.94. The van der Waals surface area contributed by atoms with E-state index in [2.05, 4.69) is 36.6 Å². The molecule has 0 saturated heterocycles. The maximum Gasteiger partial charge on any atom is 0.319 e. The Morgan fingerprint density at radius 1 is 1.04 bits per heavy atom. The summed E-state index contributed by atoms with van der Waals surface area (Å²) in [4.78, 5) is 11.9. The quantitative estimate of drug-likeness (QED) is 0.601. The molecular formula is C20H32N2O. The number of carbonyl (C=O) groups is 1. The van der Waals surface area contributed by atoms with Crippen LogP contribution in [0.5, 0.6) is 0 Å². The molecule has 128 valence electrons. The van der Waals surface area contributed by atoms with E-state index in [4.69, 9.17) is 0 Å². The number of unbranched alkanes of at least 4 members (excludes halogenated alkanes) is 3. The lowest BCUT2D eigenvalue weighted by Gasteiger charge is -2.28. The van der Waals surface area contributed by atoms with Gasteiger partial charge in [-0.25, -0.2) is 4.79 Å². The summed E-state index contributed by atoms with van der Waals surface area (Å²) in [5.74, 6) is 0. The van der Waals surface area contributed by atoms with E-state index >= 15 is 0 Å². The Bertz CT molecular complexity index is 475. The van der Waals surface area contributed by atoms with Gasteiger partial charge in [0.2, 0.25) is 0 Å². The van der Waals surface area contributed by atoms with Crippen LogP contribution in [0.2, 0.25) is 0 Å². The van der Waals surface area contributed by atoms with Crippen LogP contribution in [-0.4, -0.2) is 12.6 Å². The molecule has 3 heteroatoms. The van der Waals surface area contributed by atoms with Gasteiger partial charge in [0.05, 0.1) is 0 Å². The van der Waals surface area contributed by atoms with Gasteiger partial charge in [-0.2, -0.15) is 0 Å². The zero-order valence-corrected chi connectivity index (χ0v) is 14.8. The summed E-state index contributed by atoms with van der Waals surface area (Å²) in [6.45, 7) is 5.24. The van der Waals surface area contributed by atoms with E-state index in [0.29, 0.717) is 5.41 Å². The first kappa shape index (κ1) is 17.8. The molecule has 0 unspecified atom stereocenters. The molecule has 1 fully saturated rings. The van der Waals surface area contributed by atoms with Gasteiger partial charge in [0.25, 0.3) is 0 Å². The highest BCUT2D eigenvalue weighted by Crippen LogP contribution is 2.43. The largest absolute Gasteiger partial charge is 0.338 e. The Balaban J connectivity index is 1.81. The fourth-order valence-electron chi connectivity index (χ4n) is 3.73. The summed E-state index contributed by atoms with van der Waals surface area (Å²) >= 11 is 0. The maximum absolute atomic E-state index is 11.9. The summed E-state index contributed by atoms with van der Waals surface area (Å²) in [6, 6.07) is 8.39. The van der Waals surface area contributed by atoms with Gasteiger partial charge in [0.15, 0.2) is 0 Å². The summed E-state index contributed by atoms with van der Waals surface area (Å²) in [5.41, 5.74) is 2.69. The first-order valence-corrected chi connectivity index (χ1v) is 9.35. The van der Waals surface area contributed by atoms with Crippen molar-refractivity contribution in [3.05, 3.63) is 29.8 Å². The van der Waals surface area contributed by atoms with Crippen LogP contribution >= 0.6 is 0 Å². The molecule has 0 radical (unpaired) electrons. The fourth-order valence-corrected chi connectivity index (χ4v) is 3.73. The molecule has 23 heavy (non-hydrogen) atoms. The van der Waals surface area contributed by atoms with Crippen molar-refractivity contribution in [3.63, 3.8) is 0 Å². The zero-order valence-electron chi connectivity index (χ0n) is 14.8. The lowest BCUT2D eigenvalue weighted by molar-refractivity contribution is 0.252. The fraction of sp³-hybridized carbons (Fsp3) is 0.650. The van der Waals surface area contributed by atoms with Gasteiger partial charge in [-0.05, 0) is 48.8 Å². The van der Waals surface area contributed by atoms with Crippen LogP contribution in [0.3, 0.4) is 0 Å². The first-order valence-electron chi connectivity index (χ1n) is 9.35. The zero-order chi connectivity index (χ0) is 16.5. The van der Waals surface area contributed by atoms with Crippen molar-refractivity contribution in [2.75, 3.05) is 11.9 Å². The minimum atomic E-state index is -0.0969. The van der Waals surface area contributed by atoms with Crippen LogP contribution < -0.4 is 10.6 Å². The number of carbonyl (C=O) groups excluding carboxylic acids is 1. The minimum absolute atomic E-state index is 0.0969. The molecule has 2 rings (SSSR count). The highest BCUT2D eigenvalue weighted by molar-refractivity contribution is 5.89. The van der Waals surface area contributed by atoms with Crippen molar-refractivity contribution in [2.24, 2.45) is 0 Å². The molecule has 1 aromatic rings. The number of urea groups is 1. The highest BCUT2D eigenvalue weighted by atomic mass is 16.2. The lowest BCUT2D eigenvalue weighted by Crippen LogP contribution is -2.29. The Hall–Kier alpha value is -1.51. The van der Waals surface area contributed by atoms with Gasteiger partial charge < -0.3 is 10.6 Å². The Labute approximate surface area is 141 Å². The van der Waals surface area contributed by atoms with Gasteiger partial charge in [-0.1, -0.05) is 58.1 Å². The van der Waals surface area contributed by atoms with Crippen molar-refractivity contribution in [2.45, 2.75) is 77.0 Å². The maximum atomic E-state index is 11.9. The SMILES string of the molecule is CCCCCCNC(=O)Nc1ccc(C2(CC)CCCC2)cc1. The third-order valence-corrected chi connectivity index (χ3v) is 5.31. The molecule has 1 aromatic carbocycles. The molecule has 2 N–H and O–H groups in total. The molecule has 1 saturated carbocycles. The summed E-state index contributed by atoms with van der Waals surface area (Å²) < 4.78 is 0. The van der Waals surface area contributed by atoms with Crippen molar-refractivity contribution < 1.29 is 4.79 Å². The van der Waals surface area contributed by atoms with Gasteiger partial charge in [-0.3, -0.25) is 0 Å². The molecule has 0 aromatic heterocycles. The predicted molar refractivity (Wildman–Crippen MR) is 98.0 cm³/mol. The second kappa shape index (κ2) is 8.95. The first-order chi connectivity index (χ1) is 11.2. The highest BCUT2D eigenvalue weighted by Gasteiger charge is 2.33. The van der Waals surface area contributed by atoms with Crippen LogP contribution in [-0.2, 0) is 5.41 Å². The molecule has 2 amide bonds. The van der Waals surface area contributed by atoms with Gasteiger partial charge >= 0.3 is 6.03 Å². The van der Waals surface area contributed by atoms with E-state index in [-0.39, 0.29) is 6.03 Å². The van der Waals surface area contributed by atoms with Crippen molar-refractivity contribution >= 4 is 11.7 Å². The Morgan fingerprint density at radius 3 is 2.35 bits per heavy atom. The predicted octanol–water partition coefficient (Wildman–Crippen LogP) is 5.61. The van der Waals surface area contributed by atoms with Crippen LogP contribution in [0.15, 0.2) is 24.3 Å². The normalized spacial score (nSPS) is 16.3. The summed E-state index contributed by atoms with van der Waals surface area (Å²) in [7, 11) is 0. The summed E-state index contributed by atoms with van der Waals surface area (Å²) in [5, 5.41) is 5.86. The number of anilines is 1. The number of hydrogen-bond donors (Lipinski definition) is 2. The molecular weight excluding hydrogens is 284 g/mol. The molecule has 1 aliphatic carbocycles.